The molecule has 1 heterocycles. The average molecular weight is 375 g/mol. The highest BCUT2D eigenvalue weighted by Crippen LogP contribution is 2.21. The lowest BCUT2D eigenvalue weighted by Gasteiger charge is -2.32. The number of carbonyl (C=O) groups is 1. The molecule has 6 heteroatoms. The molecule has 0 radical (unpaired) electrons. The van der Waals surface area contributed by atoms with E-state index in [1.165, 1.54) is 5.56 Å². The quantitative estimate of drug-likeness (QED) is 0.394. The van der Waals surface area contributed by atoms with Crippen LogP contribution in [0.25, 0.3) is 0 Å². The van der Waals surface area contributed by atoms with E-state index in [4.69, 9.17) is 4.74 Å². The van der Waals surface area contributed by atoms with Crippen LogP contribution in [0.2, 0.25) is 0 Å². The van der Waals surface area contributed by atoms with Gasteiger partial charge in [0.25, 0.3) is 0 Å². The highest BCUT2D eigenvalue weighted by Gasteiger charge is 2.22. The zero-order chi connectivity index (χ0) is 19.3. The molecular formula is C21H34N4O2. The minimum atomic E-state index is 0.144. The molecule has 0 unspecified atom stereocenters. The van der Waals surface area contributed by atoms with E-state index in [1.54, 1.807) is 7.05 Å². The van der Waals surface area contributed by atoms with Gasteiger partial charge in [0.05, 0.1) is 6.54 Å². The lowest BCUT2D eigenvalue weighted by Crippen LogP contribution is -2.47. The third-order valence-electron chi connectivity index (χ3n) is 4.93. The van der Waals surface area contributed by atoms with Gasteiger partial charge < -0.3 is 20.3 Å². The summed E-state index contributed by atoms with van der Waals surface area (Å²) in [4.78, 5) is 18.6. The van der Waals surface area contributed by atoms with E-state index in [9.17, 15) is 4.79 Å². The summed E-state index contributed by atoms with van der Waals surface area (Å²) in [7, 11) is 1.72. The zero-order valence-corrected chi connectivity index (χ0v) is 16.7. The van der Waals surface area contributed by atoms with Crippen LogP contribution in [0.5, 0.6) is 0 Å². The van der Waals surface area contributed by atoms with Crippen LogP contribution in [0.1, 0.15) is 31.7 Å². The maximum Gasteiger partial charge on any atom is 0.241 e. The first kappa shape index (κ1) is 21.2. The van der Waals surface area contributed by atoms with Crippen molar-refractivity contribution in [1.82, 2.24) is 15.5 Å². The Morgan fingerprint density at radius 2 is 1.96 bits per heavy atom. The molecule has 1 aromatic rings. The highest BCUT2D eigenvalue weighted by molar-refractivity contribution is 5.86. The fourth-order valence-corrected chi connectivity index (χ4v) is 3.35. The Labute approximate surface area is 163 Å². The molecule has 150 valence electrons. The minimum absolute atomic E-state index is 0.144. The molecule has 0 bridgehead atoms. The van der Waals surface area contributed by atoms with Gasteiger partial charge in [-0.1, -0.05) is 30.3 Å². The van der Waals surface area contributed by atoms with Crippen LogP contribution in [0, 0.1) is 5.92 Å². The van der Waals surface area contributed by atoms with Crippen molar-refractivity contribution in [2.75, 3.05) is 46.4 Å². The third kappa shape index (κ3) is 7.99. The second-order valence-corrected chi connectivity index (χ2v) is 6.92. The Bertz CT molecular complexity index is 569. The molecule has 2 rings (SSSR count). The Hall–Kier alpha value is -2.08. The van der Waals surface area contributed by atoms with Crippen LogP contribution in [0.15, 0.2) is 35.3 Å². The number of carbonyl (C=O) groups excluding carboxylic acids is 1. The number of guanidine groups is 1. The summed E-state index contributed by atoms with van der Waals surface area (Å²) in [5.74, 6) is 1.48. The van der Waals surface area contributed by atoms with Gasteiger partial charge in [-0.2, -0.15) is 0 Å². The van der Waals surface area contributed by atoms with Gasteiger partial charge in [-0.3, -0.25) is 9.79 Å². The SMILES string of the molecule is CCOCCCNC(=NC)NCC(=O)N1CCC(Cc2ccccc2)CC1. The number of rotatable bonds is 9. The highest BCUT2D eigenvalue weighted by atomic mass is 16.5. The van der Waals surface area contributed by atoms with E-state index in [0.717, 1.165) is 58.5 Å². The molecule has 0 atom stereocenters. The number of nitrogens with zero attached hydrogens (tertiary/aromatic N) is 2. The molecular weight excluding hydrogens is 340 g/mol. The molecule has 1 aliphatic heterocycles. The lowest BCUT2D eigenvalue weighted by atomic mass is 9.90. The summed E-state index contributed by atoms with van der Waals surface area (Å²) in [6.45, 7) is 6.22. The van der Waals surface area contributed by atoms with Gasteiger partial charge in [-0.25, -0.2) is 0 Å². The number of likely N-dealkylation sites (tertiary alicyclic amines) is 1. The van der Waals surface area contributed by atoms with Gasteiger partial charge in [0, 0.05) is 39.9 Å². The van der Waals surface area contributed by atoms with Gasteiger partial charge in [0.2, 0.25) is 5.91 Å². The van der Waals surface area contributed by atoms with E-state index in [2.05, 4.69) is 46.0 Å². The van der Waals surface area contributed by atoms with Gasteiger partial charge in [0.15, 0.2) is 5.96 Å². The molecule has 1 fully saturated rings. The van der Waals surface area contributed by atoms with E-state index in [0.29, 0.717) is 11.9 Å². The number of benzene rings is 1. The van der Waals surface area contributed by atoms with Crippen molar-refractivity contribution in [2.45, 2.75) is 32.6 Å². The maximum atomic E-state index is 12.5. The van der Waals surface area contributed by atoms with Crippen LogP contribution in [-0.2, 0) is 16.0 Å². The summed E-state index contributed by atoms with van der Waals surface area (Å²) in [5, 5.41) is 6.32. The van der Waals surface area contributed by atoms with Crippen molar-refractivity contribution in [3.05, 3.63) is 35.9 Å². The molecule has 27 heavy (non-hydrogen) atoms. The molecule has 1 saturated heterocycles. The van der Waals surface area contributed by atoms with E-state index >= 15 is 0 Å². The Morgan fingerprint density at radius 3 is 2.63 bits per heavy atom. The standard InChI is InChI=1S/C21H34N4O2/c1-3-27-15-7-12-23-21(22-2)24-17-20(26)25-13-10-19(11-14-25)16-18-8-5-4-6-9-18/h4-6,8-9,19H,3,7,10-17H2,1-2H3,(H2,22,23,24). The van der Waals surface area contributed by atoms with Crippen molar-refractivity contribution in [1.29, 1.82) is 0 Å². The largest absolute Gasteiger partial charge is 0.382 e. The summed E-state index contributed by atoms with van der Waals surface area (Å²) in [6, 6.07) is 10.6. The number of piperidine rings is 1. The normalized spacial score (nSPS) is 15.6. The predicted octanol–water partition coefficient (Wildman–Crippen LogP) is 2.06. The third-order valence-corrected chi connectivity index (χ3v) is 4.93. The molecule has 1 aromatic carbocycles. The zero-order valence-electron chi connectivity index (χ0n) is 16.7. The van der Waals surface area contributed by atoms with Crippen molar-refractivity contribution in [3.8, 4) is 0 Å². The van der Waals surface area contributed by atoms with E-state index < -0.39 is 0 Å². The van der Waals surface area contributed by atoms with Gasteiger partial charge in [0.1, 0.15) is 0 Å². The molecule has 0 spiro atoms. The summed E-state index contributed by atoms with van der Waals surface area (Å²) < 4.78 is 5.31. The molecule has 1 aliphatic rings. The van der Waals surface area contributed by atoms with Gasteiger partial charge in [-0.15, -0.1) is 0 Å². The summed E-state index contributed by atoms with van der Waals surface area (Å²) in [5.41, 5.74) is 1.39. The number of aliphatic imine (C=N–C) groups is 1. The predicted molar refractivity (Wildman–Crippen MR) is 110 cm³/mol. The lowest BCUT2D eigenvalue weighted by molar-refractivity contribution is -0.131. The Kier molecular flexibility index (Phi) is 9.69. The molecule has 0 aliphatic carbocycles. The summed E-state index contributed by atoms with van der Waals surface area (Å²) in [6.07, 6.45) is 4.17. The number of hydrogen-bond acceptors (Lipinski definition) is 3. The van der Waals surface area contributed by atoms with E-state index in [-0.39, 0.29) is 12.5 Å². The first-order valence-corrected chi connectivity index (χ1v) is 10.1. The molecule has 6 nitrogen and oxygen atoms in total. The van der Waals surface area contributed by atoms with Gasteiger partial charge >= 0.3 is 0 Å². The maximum absolute atomic E-state index is 12.5. The fourth-order valence-electron chi connectivity index (χ4n) is 3.35. The molecule has 0 aromatic heterocycles. The van der Waals surface area contributed by atoms with Gasteiger partial charge in [-0.05, 0) is 44.1 Å². The van der Waals surface area contributed by atoms with Crippen LogP contribution < -0.4 is 10.6 Å². The summed E-state index contributed by atoms with van der Waals surface area (Å²) >= 11 is 0. The first-order chi connectivity index (χ1) is 13.2. The Balaban J connectivity index is 1.63. The number of ether oxygens (including phenoxy) is 1. The molecule has 0 saturated carbocycles. The molecule has 1 amide bonds. The Morgan fingerprint density at radius 1 is 1.22 bits per heavy atom. The number of hydrogen-bond donors (Lipinski definition) is 2. The second kappa shape index (κ2) is 12.3. The van der Waals surface area contributed by atoms with Crippen molar-refractivity contribution in [3.63, 3.8) is 0 Å². The van der Waals surface area contributed by atoms with Crippen LogP contribution in [0.3, 0.4) is 0 Å². The average Bonchev–Trinajstić information content (AvgIpc) is 2.71. The van der Waals surface area contributed by atoms with E-state index in [1.807, 2.05) is 11.8 Å². The fraction of sp³-hybridized carbons (Fsp3) is 0.619. The van der Waals surface area contributed by atoms with Crippen molar-refractivity contribution in [2.24, 2.45) is 10.9 Å². The van der Waals surface area contributed by atoms with Crippen molar-refractivity contribution >= 4 is 11.9 Å². The monoisotopic (exact) mass is 374 g/mol. The second-order valence-electron chi connectivity index (χ2n) is 6.92. The van der Waals surface area contributed by atoms with Crippen LogP contribution >= 0.6 is 0 Å². The number of amides is 1. The topological polar surface area (TPSA) is 66.0 Å². The first-order valence-electron chi connectivity index (χ1n) is 10.1. The van der Waals surface area contributed by atoms with Crippen LogP contribution in [0.4, 0.5) is 0 Å². The minimum Gasteiger partial charge on any atom is -0.382 e. The molecule has 2 N–H and O–H groups in total. The smallest absolute Gasteiger partial charge is 0.241 e. The van der Waals surface area contributed by atoms with Crippen LogP contribution in [-0.4, -0.2) is 63.2 Å². The number of nitrogens with one attached hydrogen (secondary N) is 2. The van der Waals surface area contributed by atoms with Crippen molar-refractivity contribution < 1.29 is 9.53 Å².